The number of aromatic nitrogens is 4. The van der Waals surface area contributed by atoms with Gasteiger partial charge in [-0.2, -0.15) is 0 Å². The van der Waals surface area contributed by atoms with Gasteiger partial charge in [0.1, 0.15) is 23.7 Å². The maximum Gasteiger partial charge on any atom is 0.407 e. The molecule has 1 aliphatic heterocycles. The first-order chi connectivity index (χ1) is 28.9. The molecule has 61 heavy (non-hydrogen) atoms. The summed E-state index contributed by atoms with van der Waals surface area (Å²) in [6.45, 7) is 20.5. The number of nitrogens with zero attached hydrogens (tertiary/aromatic N) is 4. The number of piperidine rings is 1. The van der Waals surface area contributed by atoms with Crippen molar-refractivity contribution in [2.24, 2.45) is 17.8 Å². The Bertz CT molecular complexity index is 2490. The molecule has 1 saturated carbocycles. The number of hydrogen-bond donors (Lipinski definition) is 4. The smallest absolute Gasteiger partial charge is 0.407 e. The quantitative estimate of drug-likeness (QED) is 0.0679. The van der Waals surface area contributed by atoms with Gasteiger partial charge in [-0.3, -0.25) is 9.59 Å². The third kappa shape index (κ3) is 8.65. The number of imidazole rings is 2. The van der Waals surface area contributed by atoms with Gasteiger partial charge >= 0.3 is 12.2 Å². The van der Waals surface area contributed by atoms with Gasteiger partial charge in [0.2, 0.25) is 11.8 Å². The molecule has 2 aromatic heterocycles. The number of fused-ring (bicyclic) bond motifs is 4. The Labute approximate surface area is 357 Å². The first-order valence-electron chi connectivity index (χ1n) is 21.0. The van der Waals surface area contributed by atoms with Crippen molar-refractivity contribution in [2.75, 3.05) is 20.4 Å². The third-order valence-electron chi connectivity index (χ3n) is 12.0. The van der Waals surface area contributed by atoms with Crippen LogP contribution in [-0.4, -0.2) is 100 Å². The zero-order chi connectivity index (χ0) is 44.1. The highest BCUT2D eigenvalue weighted by Gasteiger charge is 2.59. The monoisotopic (exact) mass is 846 g/mol. The summed E-state index contributed by atoms with van der Waals surface area (Å²) in [4.78, 5) is 72.9. The molecule has 0 spiro atoms. The van der Waals surface area contributed by atoms with Crippen LogP contribution in [-0.2, 0) is 19.1 Å². The molecule has 7 rings (SSSR count). The van der Waals surface area contributed by atoms with Crippen molar-refractivity contribution in [2.45, 2.75) is 90.9 Å². The second-order valence-corrected chi connectivity index (χ2v) is 23.8. The molecule has 6 atom stereocenters. The predicted molar refractivity (Wildman–Crippen MR) is 239 cm³/mol. The Morgan fingerprint density at radius 2 is 1.49 bits per heavy atom. The number of carbonyl (C=O) groups excluding carboxylic acids is 4. The second-order valence-electron chi connectivity index (χ2n) is 18.3. The number of ether oxygens (including phenoxy) is 2. The molecule has 2 aliphatic rings. The third-order valence-corrected chi connectivity index (χ3v) is 13.3. The molecule has 5 aromatic rings. The van der Waals surface area contributed by atoms with E-state index in [1.54, 1.807) is 6.20 Å². The number of nitrogens with one attached hydrogen (secondary N) is 4. The Hall–Kier alpha value is -5.96. The van der Waals surface area contributed by atoms with Crippen molar-refractivity contribution in [3.05, 3.63) is 84.5 Å². The van der Waals surface area contributed by atoms with E-state index in [9.17, 15) is 19.2 Å². The normalized spacial score (nSPS) is 18.9. The average Bonchev–Trinajstić information content (AvgIpc) is 3.71. The van der Waals surface area contributed by atoms with E-state index in [4.69, 9.17) is 19.4 Å². The fourth-order valence-corrected chi connectivity index (χ4v) is 10.1. The lowest BCUT2D eigenvalue weighted by Gasteiger charge is -2.36. The molecule has 14 nitrogen and oxygen atoms in total. The standard InChI is InChI=1S/C46H58N8O6Si/c1-24(2)37(51-45(57)59-7)43(55)53(23-61(9,10)11)27(6)41-48-34-19-17-31-20-30(16-18-32(31)39(34)50-41)28-12-14-29(15-13-28)42-47-22-35(49-42)36-21-33-26(5)40(33)54(36)44(56)38(25(3)4)52-46(58)60-8/h12-20,22,24-25,27,33,36-38,40H,5,21,23H2,1-4,6-11H3,(H,47,49)(H,48,50)(H,51,57)(H,52,58). The average molecular weight is 847 g/mol. The van der Waals surface area contributed by atoms with Crippen molar-refractivity contribution in [1.82, 2.24) is 40.4 Å². The lowest BCUT2D eigenvalue weighted by atomic mass is 9.99. The van der Waals surface area contributed by atoms with Crippen LogP contribution in [0.2, 0.25) is 19.6 Å². The largest absolute Gasteiger partial charge is 0.453 e. The van der Waals surface area contributed by atoms with Crippen LogP contribution in [0.1, 0.15) is 64.6 Å². The van der Waals surface area contributed by atoms with Crippen LogP contribution in [0.4, 0.5) is 9.59 Å². The lowest BCUT2D eigenvalue weighted by molar-refractivity contribution is -0.136. The van der Waals surface area contributed by atoms with Crippen LogP contribution in [0.25, 0.3) is 44.3 Å². The number of H-pyrrole nitrogens is 2. The first-order valence-corrected chi connectivity index (χ1v) is 24.7. The highest BCUT2D eigenvalue weighted by atomic mass is 28.3. The van der Waals surface area contributed by atoms with Gasteiger partial charge in [-0.25, -0.2) is 19.6 Å². The van der Waals surface area contributed by atoms with Crippen molar-refractivity contribution in [3.8, 4) is 22.5 Å². The Morgan fingerprint density at radius 1 is 0.869 bits per heavy atom. The van der Waals surface area contributed by atoms with Gasteiger partial charge in [-0.15, -0.1) is 0 Å². The number of aromatic amines is 2. The first kappa shape index (κ1) is 43.1. The van der Waals surface area contributed by atoms with E-state index >= 15 is 0 Å². The molecule has 1 aliphatic carbocycles. The van der Waals surface area contributed by atoms with Crippen molar-refractivity contribution < 1.29 is 28.7 Å². The number of hydrogen-bond acceptors (Lipinski definition) is 8. The van der Waals surface area contributed by atoms with Crippen molar-refractivity contribution in [1.29, 1.82) is 0 Å². The molecule has 4 N–H and O–H groups in total. The van der Waals surface area contributed by atoms with Gasteiger partial charge < -0.3 is 39.9 Å². The van der Waals surface area contributed by atoms with E-state index < -0.39 is 32.3 Å². The summed E-state index contributed by atoms with van der Waals surface area (Å²) in [5.74, 6) is 1.01. The molecule has 15 heteroatoms. The van der Waals surface area contributed by atoms with E-state index in [1.807, 2.05) is 62.6 Å². The van der Waals surface area contributed by atoms with Crippen LogP contribution < -0.4 is 10.6 Å². The summed E-state index contributed by atoms with van der Waals surface area (Å²) in [5.41, 5.74) is 6.59. The lowest BCUT2D eigenvalue weighted by Crippen LogP contribution is -2.55. The zero-order valence-electron chi connectivity index (χ0n) is 36.8. The van der Waals surface area contributed by atoms with Crippen molar-refractivity contribution >= 4 is 53.9 Å². The van der Waals surface area contributed by atoms with Crippen LogP contribution >= 0.6 is 0 Å². The van der Waals surface area contributed by atoms with Crippen molar-refractivity contribution in [3.63, 3.8) is 0 Å². The van der Waals surface area contributed by atoms with Crippen LogP contribution in [0.15, 0.2) is 72.9 Å². The van der Waals surface area contributed by atoms with Gasteiger partial charge in [0, 0.05) is 23.0 Å². The maximum atomic E-state index is 14.1. The highest BCUT2D eigenvalue weighted by molar-refractivity contribution is 6.76. The summed E-state index contributed by atoms with van der Waals surface area (Å²) in [7, 11) is 0.794. The Balaban J connectivity index is 1.10. The van der Waals surface area contributed by atoms with E-state index in [2.05, 4.69) is 83.2 Å². The molecule has 0 bridgehead atoms. The SMILES string of the molecule is C=C1C2CC(c3cnc(-c4ccc(-c5ccc6c(ccc7[nH]c(C(C)N(C[Si](C)(C)C)C(=O)C(NC(=O)OC)C(C)C)nc76)c5)cc4)[nH]3)N(C(=O)C(NC(=O)OC)C(C)C)C12. The van der Waals surface area contributed by atoms with Gasteiger partial charge in [0.15, 0.2) is 0 Å². The summed E-state index contributed by atoms with van der Waals surface area (Å²) in [6, 6.07) is 16.6. The molecule has 0 radical (unpaired) electrons. The number of benzene rings is 3. The molecule has 1 saturated heterocycles. The minimum atomic E-state index is -1.79. The second kappa shape index (κ2) is 16.8. The number of carbonyl (C=O) groups is 4. The summed E-state index contributed by atoms with van der Waals surface area (Å²) < 4.78 is 9.65. The van der Waals surface area contributed by atoms with Crippen LogP contribution in [0.3, 0.4) is 0 Å². The summed E-state index contributed by atoms with van der Waals surface area (Å²) in [6.07, 6.45) is 1.87. The van der Waals surface area contributed by atoms with Gasteiger partial charge in [-0.05, 0) is 59.4 Å². The molecule has 3 heterocycles. The highest BCUT2D eigenvalue weighted by Crippen LogP contribution is 2.57. The minimum Gasteiger partial charge on any atom is -0.453 e. The molecule has 4 amide bonds. The molecule has 6 unspecified atom stereocenters. The van der Waals surface area contributed by atoms with Crippen LogP contribution in [0.5, 0.6) is 0 Å². The zero-order valence-corrected chi connectivity index (χ0v) is 37.8. The summed E-state index contributed by atoms with van der Waals surface area (Å²) in [5, 5.41) is 7.51. The van der Waals surface area contributed by atoms with Gasteiger partial charge in [0.25, 0.3) is 0 Å². The number of likely N-dealkylation sites (tertiary alicyclic amines) is 1. The topological polar surface area (TPSA) is 175 Å². The van der Waals surface area contributed by atoms with E-state index in [1.165, 1.54) is 14.2 Å². The van der Waals surface area contributed by atoms with Crippen LogP contribution in [0, 0.1) is 17.8 Å². The number of alkyl carbamates (subject to hydrolysis) is 2. The van der Waals surface area contributed by atoms with Gasteiger partial charge in [0.05, 0.1) is 63.3 Å². The maximum absolute atomic E-state index is 14.1. The minimum absolute atomic E-state index is 0.0532. The number of rotatable bonds is 13. The Kier molecular flexibility index (Phi) is 11.9. The number of amides is 4. The summed E-state index contributed by atoms with van der Waals surface area (Å²) >= 11 is 0. The molecular weight excluding hydrogens is 789 g/mol. The molecule has 322 valence electrons. The fourth-order valence-electron chi connectivity index (χ4n) is 8.60. The van der Waals surface area contributed by atoms with E-state index in [0.717, 1.165) is 56.2 Å². The van der Waals surface area contributed by atoms with E-state index in [0.29, 0.717) is 17.8 Å². The Morgan fingerprint density at radius 3 is 2.11 bits per heavy atom. The molecule has 2 fully saturated rings. The fraction of sp³-hybridized carbons (Fsp3) is 0.435. The molecule has 3 aromatic carbocycles. The van der Waals surface area contributed by atoms with E-state index in [-0.39, 0.29) is 47.7 Å². The molecular formula is C46H58N8O6Si. The predicted octanol–water partition coefficient (Wildman–Crippen LogP) is 8.13. The van der Waals surface area contributed by atoms with Gasteiger partial charge in [-0.1, -0.05) is 96.4 Å². The number of methoxy groups -OCH3 is 2.